The highest BCUT2D eigenvalue weighted by Gasteiger charge is 2.20. The van der Waals surface area contributed by atoms with E-state index in [9.17, 15) is 28.5 Å². The number of benzene rings is 2. The number of hydrogen-bond donors (Lipinski definition) is 0. The molecule has 2 aromatic carbocycles. The fourth-order valence-corrected chi connectivity index (χ4v) is 2.08. The largest absolute Gasteiger partial charge is 0.490 e. The second-order valence-electron chi connectivity index (χ2n) is 5.05. The van der Waals surface area contributed by atoms with E-state index >= 15 is 0 Å². The molecule has 0 aromatic heterocycles. The molecule has 0 aliphatic rings. The molecule has 0 bridgehead atoms. The van der Waals surface area contributed by atoms with Crippen LogP contribution in [0.1, 0.15) is 20.7 Å². The molecule has 10 heteroatoms. The van der Waals surface area contributed by atoms with E-state index in [-0.39, 0.29) is 22.6 Å². The van der Waals surface area contributed by atoms with E-state index in [1.807, 2.05) is 0 Å². The van der Waals surface area contributed by atoms with E-state index in [1.54, 1.807) is 0 Å². The standard InChI is InChI=1S/C17H13F2NO7/c1-25-15-7-4-11(8-13(15)20(23)24)16(22)26-9-14(21)10-2-5-12(6-3-10)27-17(18)19/h2-8,17H,9H2,1H3. The number of esters is 1. The molecule has 0 spiro atoms. The fraction of sp³-hybridized carbons (Fsp3) is 0.176. The third kappa shape index (κ3) is 5.21. The number of carbonyl (C=O) groups is 2. The fourth-order valence-electron chi connectivity index (χ4n) is 2.08. The van der Waals surface area contributed by atoms with Crippen LogP contribution in [0.15, 0.2) is 42.5 Å². The van der Waals surface area contributed by atoms with Crippen LogP contribution >= 0.6 is 0 Å². The molecule has 8 nitrogen and oxygen atoms in total. The lowest BCUT2D eigenvalue weighted by Gasteiger charge is -2.07. The molecule has 2 aromatic rings. The van der Waals surface area contributed by atoms with Crippen molar-refractivity contribution in [1.82, 2.24) is 0 Å². The average molecular weight is 381 g/mol. The highest BCUT2D eigenvalue weighted by Crippen LogP contribution is 2.27. The Morgan fingerprint density at radius 3 is 2.30 bits per heavy atom. The lowest BCUT2D eigenvalue weighted by Crippen LogP contribution is -2.14. The average Bonchev–Trinajstić information content (AvgIpc) is 2.65. The summed E-state index contributed by atoms with van der Waals surface area (Å²) < 4.78 is 38.0. The molecule has 0 heterocycles. The van der Waals surface area contributed by atoms with Gasteiger partial charge in [0.2, 0.25) is 0 Å². The van der Waals surface area contributed by atoms with Crippen molar-refractivity contribution in [3.8, 4) is 11.5 Å². The van der Waals surface area contributed by atoms with E-state index in [0.29, 0.717) is 0 Å². The number of methoxy groups -OCH3 is 1. The van der Waals surface area contributed by atoms with Gasteiger partial charge in [0.25, 0.3) is 0 Å². The van der Waals surface area contributed by atoms with Crippen LogP contribution in [0, 0.1) is 10.1 Å². The van der Waals surface area contributed by atoms with E-state index in [2.05, 4.69) is 4.74 Å². The van der Waals surface area contributed by atoms with Gasteiger partial charge in [0.1, 0.15) is 5.75 Å². The van der Waals surface area contributed by atoms with Crippen LogP contribution in [0.2, 0.25) is 0 Å². The van der Waals surface area contributed by atoms with Crippen molar-refractivity contribution in [3.05, 3.63) is 63.7 Å². The number of carbonyl (C=O) groups excluding carboxylic acids is 2. The molecule has 0 aliphatic heterocycles. The quantitative estimate of drug-likeness (QED) is 0.299. The van der Waals surface area contributed by atoms with Crippen molar-refractivity contribution in [2.24, 2.45) is 0 Å². The van der Waals surface area contributed by atoms with Crippen molar-refractivity contribution in [2.75, 3.05) is 13.7 Å². The number of nitro groups is 1. The Kier molecular flexibility index (Phi) is 6.36. The first-order chi connectivity index (χ1) is 12.8. The molecule has 0 amide bonds. The summed E-state index contributed by atoms with van der Waals surface area (Å²) in [5, 5.41) is 11.0. The Balaban J connectivity index is 2.01. The number of nitrogens with zero attached hydrogens (tertiary/aromatic N) is 1. The normalized spacial score (nSPS) is 10.4. The second-order valence-corrected chi connectivity index (χ2v) is 5.05. The molecule has 0 saturated carbocycles. The number of nitro benzene ring substituents is 1. The summed E-state index contributed by atoms with van der Waals surface area (Å²) in [6.45, 7) is -3.62. The van der Waals surface area contributed by atoms with Gasteiger partial charge in [-0.3, -0.25) is 14.9 Å². The first-order valence-electron chi connectivity index (χ1n) is 7.39. The summed E-state index contributed by atoms with van der Waals surface area (Å²) >= 11 is 0. The molecule has 0 unspecified atom stereocenters. The summed E-state index contributed by atoms with van der Waals surface area (Å²) in [7, 11) is 1.25. The van der Waals surface area contributed by atoms with Gasteiger partial charge in [-0.1, -0.05) is 0 Å². The van der Waals surface area contributed by atoms with Crippen LogP contribution < -0.4 is 9.47 Å². The maximum Gasteiger partial charge on any atom is 0.387 e. The Bertz CT molecular complexity index is 853. The van der Waals surface area contributed by atoms with Crippen LogP contribution in [-0.2, 0) is 4.74 Å². The van der Waals surface area contributed by atoms with Crippen molar-refractivity contribution in [1.29, 1.82) is 0 Å². The Hall–Kier alpha value is -3.56. The zero-order chi connectivity index (χ0) is 20.0. The zero-order valence-corrected chi connectivity index (χ0v) is 13.9. The van der Waals surface area contributed by atoms with Crippen LogP contribution in [0.5, 0.6) is 11.5 Å². The number of rotatable bonds is 8. The monoisotopic (exact) mass is 381 g/mol. The van der Waals surface area contributed by atoms with Crippen LogP contribution in [0.25, 0.3) is 0 Å². The molecule has 0 atom stereocenters. The van der Waals surface area contributed by atoms with Crippen molar-refractivity contribution in [2.45, 2.75) is 6.61 Å². The molecule has 2 rings (SSSR count). The molecule has 0 saturated heterocycles. The molecular weight excluding hydrogens is 368 g/mol. The zero-order valence-electron chi connectivity index (χ0n) is 13.9. The molecule has 0 N–H and O–H groups in total. The number of Topliss-reactive ketones (excluding diaryl/α,β-unsaturated/α-hetero) is 1. The van der Waals surface area contributed by atoms with E-state index in [4.69, 9.17) is 9.47 Å². The number of hydrogen-bond acceptors (Lipinski definition) is 7. The first-order valence-corrected chi connectivity index (χ1v) is 7.39. The van der Waals surface area contributed by atoms with Crippen molar-refractivity contribution < 1.29 is 37.5 Å². The highest BCUT2D eigenvalue weighted by molar-refractivity contribution is 5.99. The van der Waals surface area contributed by atoms with Gasteiger partial charge in [0.05, 0.1) is 17.6 Å². The lowest BCUT2D eigenvalue weighted by molar-refractivity contribution is -0.385. The van der Waals surface area contributed by atoms with Gasteiger partial charge in [-0.05, 0) is 36.4 Å². The van der Waals surface area contributed by atoms with Crippen molar-refractivity contribution in [3.63, 3.8) is 0 Å². The number of halogens is 2. The van der Waals surface area contributed by atoms with Gasteiger partial charge in [-0.2, -0.15) is 8.78 Å². The summed E-state index contributed by atoms with van der Waals surface area (Å²) in [5.41, 5.74) is -0.436. The minimum Gasteiger partial charge on any atom is -0.490 e. The maximum atomic E-state index is 12.1. The molecule has 142 valence electrons. The van der Waals surface area contributed by atoms with Gasteiger partial charge >= 0.3 is 18.3 Å². The maximum absolute atomic E-state index is 12.1. The van der Waals surface area contributed by atoms with Gasteiger partial charge in [-0.15, -0.1) is 0 Å². The van der Waals surface area contributed by atoms with E-state index in [1.165, 1.54) is 43.5 Å². The topological polar surface area (TPSA) is 105 Å². The lowest BCUT2D eigenvalue weighted by atomic mass is 10.1. The number of ether oxygens (including phenoxy) is 3. The van der Waals surface area contributed by atoms with Gasteiger partial charge < -0.3 is 14.2 Å². The van der Waals surface area contributed by atoms with Crippen LogP contribution in [-0.4, -0.2) is 37.0 Å². The van der Waals surface area contributed by atoms with Crippen molar-refractivity contribution >= 4 is 17.4 Å². The molecule has 0 aliphatic carbocycles. The smallest absolute Gasteiger partial charge is 0.387 e. The van der Waals surface area contributed by atoms with Gasteiger partial charge in [0, 0.05) is 11.6 Å². The molecule has 27 heavy (non-hydrogen) atoms. The molecule has 0 fully saturated rings. The first kappa shape index (κ1) is 19.8. The number of alkyl halides is 2. The molecular formula is C17H13F2NO7. The predicted molar refractivity (Wildman–Crippen MR) is 87.3 cm³/mol. The highest BCUT2D eigenvalue weighted by atomic mass is 19.3. The van der Waals surface area contributed by atoms with Gasteiger partial charge in [-0.25, -0.2) is 4.79 Å². The second kappa shape index (κ2) is 8.70. The third-order valence-electron chi connectivity index (χ3n) is 3.35. The summed E-state index contributed by atoms with van der Waals surface area (Å²) in [4.78, 5) is 34.2. The van der Waals surface area contributed by atoms with Gasteiger partial charge in [0.15, 0.2) is 18.1 Å². The van der Waals surface area contributed by atoms with E-state index < -0.39 is 35.6 Å². The minimum absolute atomic E-state index is 0.0290. The molecule has 0 radical (unpaired) electrons. The third-order valence-corrected chi connectivity index (χ3v) is 3.35. The summed E-state index contributed by atoms with van der Waals surface area (Å²) in [6, 6.07) is 8.30. The summed E-state index contributed by atoms with van der Waals surface area (Å²) in [5.74, 6) is -1.68. The SMILES string of the molecule is COc1ccc(C(=O)OCC(=O)c2ccc(OC(F)F)cc2)cc1[N+](=O)[O-]. The van der Waals surface area contributed by atoms with Crippen LogP contribution in [0.4, 0.5) is 14.5 Å². The Morgan fingerprint density at radius 2 is 1.74 bits per heavy atom. The minimum atomic E-state index is -2.99. The predicted octanol–water partition coefficient (Wildman–Crippen LogP) is 3.24. The number of ketones is 1. The van der Waals surface area contributed by atoms with Crippen LogP contribution in [0.3, 0.4) is 0 Å². The Labute approximate surface area is 151 Å². The Morgan fingerprint density at radius 1 is 1.11 bits per heavy atom. The van der Waals surface area contributed by atoms with E-state index in [0.717, 1.165) is 6.07 Å². The summed E-state index contributed by atoms with van der Waals surface area (Å²) in [6.07, 6.45) is 0.